The lowest BCUT2D eigenvalue weighted by Gasteiger charge is -1.97. The highest BCUT2D eigenvalue weighted by atomic mass is 16.5. The number of nitrogen functional groups attached to an aromatic ring is 1. The molecule has 5 heteroatoms. The topological polar surface area (TPSA) is 78.3 Å². The fourth-order valence-electron chi connectivity index (χ4n) is 1.64. The van der Waals surface area contributed by atoms with Gasteiger partial charge in [-0.05, 0) is 25.5 Å². The lowest BCUT2D eigenvalue weighted by Crippen LogP contribution is -2.05. The summed E-state index contributed by atoms with van der Waals surface area (Å²) >= 11 is 0. The molecule has 0 saturated heterocycles. The summed E-state index contributed by atoms with van der Waals surface area (Å²) in [5, 5.41) is 0. The third-order valence-corrected chi connectivity index (χ3v) is 2.41. The highest BCUT2D eigenvalue weighted by Gasteiger charge is 2.20. The van der Waals surface area contributed by atoms with E-state index in [0.717, 1.165) is 5.56 Å². The van der Waals surface area contributed by atoms with E-state index in [4.69, 9.17) is 14.9 Å². The first-order valence-corrected chi connectivity index (χ1v) is 5.65. The number of anilines is 1. The van der Waals surface area contributed by atoms with Crippen LogP contribution in [0.1, 0.15) is 30.0 Å². The van der Waals surface area contributed by atoms with Gasteiger partial charge in [-0.25, -0.2) is 9.78 Å². The number of carbonyl (C=O) groups excluding carboxylic acids is 1. The van der Waals surface area contributed by atoms with E-state index in [1.165, 1.54) is 0 Å². The van der Waals surface area contributed by atoms with Gasteiger partial charge in [0, 0.05) is 6.20 Å². The minimum absolute atomic E-state index is 0.0111. The summed E-state index contributed by atoms with van der Waals surface area (Å²) in [6, 6.07) is 1.78. The molecule has 2 N–H and O–H groups in total. The number of ether oxygens (including phenoxy) is 1. The summed E-state index contributed by atoms with van der Waals surface area (Å²) in [5.41, 5.74) is 7.88. The average molecular weight is 246 g/mol. The first-order chi connectivity index (χ1) is 8.67. The molecule has 2 heterocycles. The molecule has 0 atom stereocenters. The number of pyridine rings is 1. The van der Waals surface area contributed by atoms with Crippen molar-refractivity contribution in [3.63, 3.8) is 0 Å². The van der Waals surface area contributed by atoms with Gasteiger partial charge in [0.25, 0.3) is 0 Å². The van der Waals surface area contributed by atoms with Crippen LogP contribution in [0.4, 0.5) is 5.69 Å². The minimum atomic E-state index is -0.569. The van der Waals surface area contributed by atoms with Gasteiger partial charge in [-0.1, -0.05) is 12.2 Å². The summed E-state index contributed by atoms with van der Waals surface area (Å²) in [6.45, 7) is 3.90. The maximum absolute atomic E-state index is 11.6. The number of allylic oxidation sites excluding steroid dienone is 1. The maximum Gasteiger partial charge on any atom is 0.376 e. The van der Waals surface area contributed by atoms with E-state index in [9.17, 15) is 4.79 Å². The zero-order valence-corrected chi connectivity index (χ0v) is 10.3. The van der Waals surface area contributed by atoms with Gasteiger partial charge in [0.1, 0.15) is 11.2 Å². The van der Waals surface area contributed by atoms with Crippen molar-refractivity contribution in [1.82, 2.24) is 4.98 Å². The first-order valence-electron chi connectivity index (χ1n) is 5.65. The zero-order chi connectivity index (χ0) is 13.1. The van der Waals surface area contributed by atoms with Crippen LogP contribution in [0.5, 0.6) is 0 Å². The molecule has 0 spiro atoms. The highest BCUT2D eigenvalue weighted by molar-refractivity contribution is 6.01. The van der Waals surface area contributed by atoms with Crippen LogP contribution in [-0.4, -0.2) is 17.6 Å². The number of furan rings is 1. The monoisotopic (exact) mass is 246 g/mol. The number of rotatable bonds is 3. The number of esters is 1. The van der Waals surface area contributed by atoms with E-state index in [0.29, 0.717) is 11.1 Å². The van der Waals surface area contributed by atoms with Gasteiger partial charge in [0.2, 0.25) is 5.76 Å². The lowest BCUT2D eigenvalue weighted by atomic mass is 10.2. The molecule has 2 aromatic heterocycles. The molecule has 18 heavy (non-hydrogen) atoms. The molecule has 94 valence electrons. The number of carbonyl (C=O) groups is 1. The Morgan fingerprint density at radius 2 is 2.39 bits per heavy atom. The Kier molecular flexibility index (Phi) is 3.32. The Hall–Kier alpha value is -2.30. The second kappa shape index (κ2) is 4.91. The lowest BCUT2D eigenvalue weighted by molar-refractivity contribution is 0.0494. The van der Waals surface area contributed by atoms with Gasteiger partial charge < -0.3 is 14.9 Å². The van der Waals surface area contributed by atoms with Gasteiger partial charge in [0.05, 0.1) is 6.61 Å². The van der Waals surface area contributed by atoms with Gasteiger partial charge >= 0.3 is 5.97 Å². The smallest absolute Gasteiger partial charge is 0.376 e. The summed E-state index contributed by atoms with van der Waals surface area (Å²) in [4.78, 5) is 15.8. The van der Waals surface area contributed by atoms with Crippen molar-refractivity contribution < 1.29 is 13.9 Å². The van der Waals surface area contributed by atoms with Crippen molar-refractivity contribution >= 4 is 28.8 Å². The number of fused-ring (bicyclic) bond motifs is 1. The van der Waals surface area contributed by atoms with Crippen molar-refractivity contribution in [3.8, 4) is 0 Å². The van der Waals surface area contributed by atoms with Crippen LogP contribution in [0.3, 0.4) is 0 Å². The molecule has 0 bridgehead atoms. The van der Waals surface area contributed by atoms with Gasteiger partial charge in [-0.15, -0.1) is 0 Å². The molecule has 0 radical (unpaired) electrons. The summed E-state index contributed by atoms with van der Waals surface area (Å²) < 4.78 is 10.3. The summed E-state index contributed by atoms with van der Waals surface area (Å²) in [7, 11) is 0. The Bertz CT molecular complexity index is 614. The fourth-order valence-corrected chi connectivity index (χ4v) is 1.64. The molecule has 0 fully saturated rings. The van der Waals surface area contributed by atoms with E-state index in [2.05, 4.69) is 4.98 Å². The molecular weight excluding hydrogens is 232 g/mol. The van der Waals surface area contributed by atoms with Crippen molar-refractivity contribution in [1.29, 1.82) is 0 Å². The standard InChI is InChI=1S/C13H14N2O3/c1-3-5-8-6-9-11(15-7-8)10(14)12(18-9)13(16)17-4-2/h3,5-7H,4,14H2,1-2H3. The molecule has 0 aliphatic carbocycles. The average Bonchev–Trinajstić information content (AvgIpc) is 2.67. The van der Waals surface area contributed by atoms with Gasteiger partial charge in [-0.2, -0.15) is 0 Å². The molecule has 0 saturated carbocycles. The number of hydrogen-bond acceptors (Lipinski definition) is 5. The van der Waals surface area contributed by atoms with Crippen LogP contribution in [0.2, 0.25) is 0 Å². The molecular formula is C13H14N2O3. The normalized spacial score (nSPS) is 11.2. The molecule has 0 unspecified atom stereocenters. The quantitative estimate of drug-likeness (QED) is 0.842. The minimum Gasteiger partial charge on any atom is -0.460 e. The SMILES string of the molecule is CC=Cc1cnc2c(N)c(C(=O)OCC)oc2c1. The molecule has 2 rings (SSSR count). The van der Waals surface area contributed by atoms with E-state index >= 15 is 0 Å². The van der Waals surface area contributed by atoms with Gasteiger partial charge in [-0.3, -0.25) is 0 Å². The van der Waals surface area contributed by atoms with Gasteiger partial charge in [0.15, 0.2) is 5.58 Å². The zero-order valence-electron chi connectivity index (χ0n) is 10.3. The molecule has 5 nitrogen and oxygen atoms in total. The van der Waals surface area contributed by atoms with Crippen LogP contribution in [0.15, 0.2) is 22.8 Å². The molecule has 0 aromatic carbocycles. The van der Waals surface area contributed by atoms with Crippen LogP contribution in [0, 0.1) is 0 Å². The predicted octanol–water partition coefficient (Wildman–Crippen LogP) is 2.62. The van der Waals surface area contributed by atoms with Crippen molar-refractivity contribution in [2.75, 3.05) is 12.3 Å². The van der Waals surface area contributed by atoms with E-state index < -0.39 is 5.97 Å². The molecule has 2 aromatic rings. The van der Waals surface area contributed by atoms with Crippen LogP contribution in [0.25, 0.3) is 17.2 Å². The Labute approximate surface area is 104 Å². The van der Waals surface area contributed by atoms with Crippen LogP contribution >= 0.6 is 0 Å². The Morgan fingerprint density at radius 3 is 3.06 bits per heavy atom. The fraction of sp³-hybridized carbons (Fsp3) is 0.231. The van der Waals surface area contributed by atoms with Crippen LogP contribution < -0.4 is 5.73 Å². The van der Waals surface area contributed by atoms with Crippen LogP contribution in [-0.2, 0) is 4.74 Å². The van der Waals surface area contributed by atoms with Crippen molar-refractivity contribution in [3.05, 3.63) is 29.7 Å². The third kappa shape index (κ3) is 2.07. The number of nitrogens with two attached hydrogens (primary N) is 1. The molecule has 0 aliphatic heterocycles. The van der Waals surface area contributed by atoms with Crippen molar-refractivity contribution in [2.24, 2.45) is 0 Å². The summed E-state index contributed by atoms with van der Waals surface area (Å²) in [6.07, 6.45) is 5.44. The van der Waals surface area contributed by atoms with E-state index in [1.807, 2.05) is 19.1 Å². The van der Waals surface area contributed by atoms with Crippen molar-refractivity contribution in [2.45, 2.75) is 13.8 Å². The Morgan fingerprint density at radius 1 is 1.61 bits per heavy atom. The van der Waals surface area contributed by atoms with E-state index in [-0.39, 0.29) is 18.1 Å². The van der Waals surface area contributed by atoms with E-state index in [1.54, 1.807) is 19.2 Å². The Balaban J connectivity index is 2.51. The molecule has 0 amide bonds. The maximum atomic E-state index is 11.6. The second-order valence-corrected chi connectivity index (χ2v) is 3.68. The second-order valence-electron chi connectivity index (χ2n) is 3.68. The third-order valence-electron chi connectivity index (χ3n) is 2.41. The predicted molar refractivity (Wildman–Crippen MR) is 69.1 cm³/mol. The number of hydrogen-bond donors (Lipinski definition) is 1. The molecule has 0 aliphatic rings. The highest BCUT2D eigenvalue weighted by Crippen LogP contribution is 2.27. The first kappa shape index (κ1) is 12.2. The summed E-state index contributed by atoms with van der Waals surface area (Å²) in [5.74, 6) is -0.558. The number of aromatic nitrogens is 1. The largest absolute Gasteiger partial charge is 0.460 e. The number of nitrogens with zero attached hydrogens (tertiary/aromatic N) is 1.